The summed E-state index contributed by atoms with van der Waals surface area (Å²) in [5, 5.41) is 0.486. The van der Waals surface area contributed by atoms with Gasteiger partial charge < -0.3 is 13.3 Å². The molecule has 0 aliphatic heterocycles. The van der Waals surface area contributed by atoms with Crippen LogP contribution in [0.3, 0.4) is 0 Å². The Balaban J connectivity index is 2.71. The molecule has 0 amide bonds. The zero-order chi connectivity index (χ0) is 14.8. The van der Waals surface area contributed by atoms with Gasteiger partial charge in [-0.3, -0.25) is 0 Å². The Morgan fingerprint density at radius 1 is 1.05 bits per heavy atom. The number of hydrogen-bond acceptors (Lipinski definition) is 3. The maximum atomic E-state index is 5.96. The third-order valence-corrected chi connectivity index (χ3v) is 8.67. The number of rotatable bonds is 10. The van der Waals surface area contributed by atoms with Gasteiger partial charge in [0.25, 0.3) is 0 Å². The third-order valence-electron chi connectivity index (χ3n) is 3.03. The molecule has 0 bridgehead atoms. The van der Waals surface area contributed by atoms with E-state index in [-0.39, 0.29) is 0 Å². The van der Waals surface area contributed by atoms with Crippen molar-refractivity contribution in [2.75, 3.05) is 13.2 Å². The summed E-state index contributed by atoms with van der Waals surface area (Å²) in [7, 11) is -2.28. The van der Waals surface area contributed by atoms with Crippen LogP contribution >= 0.6 is 0 Å². The fraction of sp³-hybridized carbons (Fsp3) is 0.600. The van der Waals surface area contributed by atoms with Crippen molar-refractivity contribution in [3.05, 3.63) is 35.9 Å². The second-order valence-electron chi connectivity index (χ2n) is 5.11. The third kappa shape index (κ3) is 6.81. The summed E-state index contributed by atoms with van der Waals surface area (Å²) >= 11 is 0. The first-order chi connectivity index (χ1) is 9.67. The van der Waals surface area contributed by atoms with Gasteiger partial charge in [0.2, 0.25) is 0 Å². The molecule has 0 radical (unpaired) electrons. The van der Waals surface area contributed by atoms with E-state index < -0.39 is 19.0 Å². The molecule has 5 heteroatoms. The monoisotopic (exact) mass is 312 g/mol. The van der Waals surface area contributed by atoms with Crippen LogP contribution in [0.5, 0.6) is 0 Å². The van der Waals surface area contributed by atoms with E-state index >= 15 is 0 Å². The topological polar surface area (TPSA) is 27.7 Å². The van der Waals surface area contributed by atoms with Crippen molar-refractivity contribution < 1.29 is 13.3 Å². The van der Waals surface area contributed by atoms with E-state index in [9.17, 15) is 0 Å². The first-order valence-corrected chi connectivity index (χ1v) is 10.6. The molecule has 114 valence electrons. The first kappa shape index (κ1) is 17.6. The molecule has 1 aromatic carbocycles. The van der Waals surface area contributed by atoms with Crippen molar-refractivity contribution in [3.8, 4) is 0 Å². The Labute approximate surface area is 127 Å². The fourth-order valence-electron chi connectivity index (χ4n) is 2.12. The molecule has 1 aromatic rings. The highest BCUT2D eigenvalue weighted by molar-refractivity contribution is 6.61. The summed E-state index contributed by atoms with van der Waals surface area (Å²) in [6, 6.07) is 10.6. The van der Waals surface area contributed by atoms with E-state index in [1.807, 2.05) is 13.8 Å². The van der Waals surface area contributed by atoms with Gasteiger partial charge >= 0.3 is 9.28 Å². The molecule has 20 heavy (non-hydrogen) atoms. The molecular formula is C15H28O3Si2. The minimum atomic E-state index is -1.64. The zero-order valence-electron chi connectivity index (χ0n) is 13.2. The zero-order valence-corrected chi connectivity index (χ0v) is 15.7. The minimum absolute atomic E-state index is 0.304. The molecule has 0 heterocycles. The quantitative estimate of drug-likeness (QED) is 0.621. The highest BCUT2D eigenvalue weighted by Gasteiger charge is 2.27. The van der Waals surface area contributed by atoms with Crippen LogP contribution < -0.4 is 0 Å². The van der Waals surface area contributed by atoms with E-state index in [2.05, 4.69) is 44.2 Å². The summed E-state index contributed by atoms with van der Waals surface area (Å²) in [4.78, 5) is 0. The van der Waals surface area contributed by atoms with Crippen LogP contribution in [-0.4, -0.2) is 38.4 Å². The molecule has 0 saturated carbocycles. The Kier molecular flexibility index (Phi) is 9.05. The number of benzene rings is 1. The van der Waals surface area contributed by atoms with E-state index in [1.165, 1.54) is 5.56 Å². The lowest BCUT2D eigenvalue weighted by Gasteiger charge is -2.25. The van der Waals surface area contributed by atoms with Crippen LogP contribution in [0.2, 0.25) is 5.16 Å². The molecule has 0 aliphatic rings. The second kappa shape index (κ2) is 10.3. The molecular weight excluding hydrogens is 284 g/mol. The fourth-order valence-corrected chi connectivity index (χ4v) is 6.74. The normalized spacial score (nSPS) is 13.7. The average molecular weight is 313 g/mol. The van der Waals surface area contributed by atoms with Gasteiger partial charge in [-0.1, -0.05) is 30.3 Å². The van der Waals surface area contributed by atoms with Crippen molar-refractivity contribution in [3.63, 3.8) is 0 Å². The molecule has 0 aliphatic carbocycles. The molecule has 1 unspecified atom stereocenters. The molecule has 0 fully saturated rings. The molecule has 3 nitrogen and oxygen atoms in total. The summed E-state index contributed by atoms with van der Waals surface area (Å²) in [5.74, 6) is 0. The predicted molar refractivity (Wildman–Crippen MR) is 89.1 cm³/mol. The van der Waals surface area contributed by atoms with Crippen molar-refractivity contribution in [2.24, 2.45) is 0 Å². The lowest BCUT2D eigenvalue weighted by molar-refractivity contribution is 0.203. The smallest absolute Gasteiger partial charge is 0.323 e. The van der Waals surface area contributed by atoms with E-state index in [0.29, 0.717) is 11.3 Å². The van der Waals surface area contributed by atoms with Gasteiger partial charge in [-0.2, -0.15) is 0 Å². The van der Waals surface area contributed by atoms with Gasteiger partial charge in [0.1, 0.15) is 0 Å². The highest BCUT2D eigenvalue weighted by Crippen LogP contribution is 2.19. The summed E-state index contributed by atoms with van der Waals surface area (Å²) in [6.07, 6.45) is 1.33. The highest BCUT2D eigenvalue weighted by atomic mass is 28.3. The number of hydrogen-bond donors (Lipinski definition) is 0. The Bertz CT molecular complexity index is 340. The molecule has 0 spiro atoms. The van der Waals surface area contributed by atoms with Gasteiger partial charge in [0, 0.05) is 24.5 Å². The van der Waals surface area contributed by atoms with Crippen LogP contribution in [0.4, 0.5) is 0 Å². The van der Waals surface area contributed by atoms with Gasteiger partial charge in [-0.25, -0.2) is 0 Å². The Morgan fingerprint density at radius 2 is 1.65 bits per heavy atom. The van der Waals surface area contributed by atoms with Crippen molar-refractivity contribution in [1.29, 1.82) is 0 Å². The van der Waals surface area contributed by atoms with Crippen LogP contribution in [0.15, 0.2) is 30.3 Å². The van der Waals surface area contributed by atoms with Gasteiger partial charge in [-0.15, -0.1) is 0 Å². The second-order valence-corrected chi connectivity index (χ2v) is 10.1. The molecule has 1 atom stereocenters. The molecule has 0 saturated heterocycles. The Hall–Kier alpha value is -0.466. The van der Waals surface area contributed by atoms with Crippen LogP contribution in [0.1, 0.15) is 33.3 Å². The van der Waals surface area contributed by atoms with Crippen molar-refractivity contribution in [2.45, 2.75) is 45.4 Å². The maximum Gasteiger partial charge on any atom is 0.323 e. The van der Waals surface area contributed by atoms with E-state index in [4.69, 9.17) is 13.3 Å². The predicted octanol–water partition coefficient (Wildman–Crippen LogP) is 2.36. The SMILES string of the molecule is CCO[SiH](OCC)C(Cc1ccccc1)[SiH2]OC(C)C. The van der Waals surface area contributed by atoms with Gasteiger partial charge in [0.05, 0.1) is 0 Å². The van der Waals surface area contributed by atoms with Crippen molar-refractivity contribution in [1.82, 2.24) is 0 Å². The van der Waals surface area contributed by atoms with Crippen LogP contribution in [0, 0.1) is 0 Å². The standard InChI is InChI=1S/C15H28O3Si2/c1-5-16-20(17-6-2)15(19-18-13(3)4)12-14-10-8-7-9-11-14/h7-11,13,15,20H,5-6,12,19H2,1-4H3. The summed E-state index contributed by atoms with van der Waals surface area (Å²) in [6.45, 7) is 9.76. The average Bonchev–Trinajstić information content (AvgIpc) is 2.44. The van der Waals surface area contributed by atoms with E-state index in [0.717, 1.165) is 19.6 Å². The first-order valence-electron chi connectivity index (χ1n) is 7.56. The summed E-state index contributed by atoms with van der Waals surface area (Å²) < 4.78 is 17.8. The molecule has 1 rings (SSSR count). The van der Waals surface area contributed by atoms with Gasteiger partial charge in [0.15, 0.2) is 9.76 Å². The lowest BCUT2D eigenvalue weighted by atomic mass is 10.2. The lowest BCUT2D eigenvalue weighted by Crippen LogP contribution is -2.35. The van der Waals surface area contributed by atoms with Gasteiger partial charge in [-0.05, 0) is 39.7 Å². The van der Waals surface area contributed by atoms with Crippen LogP contribution in [-0.2, 0) is 19.7 Å². The largest absolute Gasteiger partial charge is 0.422 e. The molecule has 0 N–H and O–H groups in total. The van der Waals surface area contributed by atoms with Crippen molar-refractivity contribution >= 4 is 19.0 Å². The van der Waals surface area contributed by atoms with E-state index in [1.54, 1.807) is 0 Å². The minimum Gasteiger partial charge on any atom is -0.422 e. The summed E-state index contributed by atoms with van der Waals surface area (Å²) in [5.41, 5.74) is 1.36. The van der Waals surface area contributed by atoms with Crippen LogP contribution in [0.25, 0.3) is 0 Å². The maximum absolute atomic E-state index is 5.96. The Morgan fingerprint density at radius 3 is 2.15 bits per heavy atom. The molecule has 0 aromatic heterocycles.